The summed E-state index contributed by atoms with van der Waals surface area (Å²) in [4.78, 5) is 23.7. The monoisotopic (exact) mass is 383 g/mol. The average Bonchev–Trinajstić information content (AvgIpc) is 2.68. The molecule has 2 N–H and O–H groups in total. The van der Waals surface area contributed by atoms with Crippen LogP contribution in [0.1, 0.15) is 25.1 Å². The Hall–Kier alpha value is -2.76. The van der Waals surface area contributed by atoms with Gasteiger partial charge in [0.25, 0.3) is 5.56 Å². The second-order valence-electron chi connectivity index (χ2n) is 6.57. The third kappa shape index (κ3) is 5.62. The highest BCUT2D eigenvalue weighted by Gasteiger charge is 2.15. The van der Waals surface area contributed by atoms with Gasteiger partial charge in [-0.25, -0.2) is 0 Å². The van der Waals surface area contributed by atoms with Crippen molar-refractivity contribution in [3.8, 4) is 11.1 Å². The van der Waals surface area contributed by atoms with E-state index < -0.39 is 0 Å². The predicted octanol–water partition coefficient (Wildman–Crippen LogP) is 3.25. The summed E-state index contributed by atoms with van der Waals surface area (Å²) in [6, 6.07) is 15.7. The first-order valence-corrected chi connectivity index (χ1v) is 9.10. The predicted molar refractivity (Wildman–Crippen MR) is 115 cm³/mol. The van der Waals surface area contributed by atoms with Crippen molar-refractivity contribution in [3.63, 3.8) is 0 Å². The van der Waals surface area contributed by atoms with Crippen LogP contribution in [0, 0.1) is 6.92 Å². The second kappa shape index (κ2) is 11.2. The van der Waals surface area contributed by atoms with E-state index >= 15 is 0 Å². The molecule has 0 aliphatic rings. The smallest absolute Gasteiger partial charge is 0.258 e. The Morgan fingerprint density at radius 3 is 2.14 bits per heavy atom. The van der Waals surface area contributed by atoms with Gasteiger partial charge in [-0.15, -0.1) is 0 Å². The van der Waals surface area contributed by atoms with E-state index in [1.165, 1.54) is 0 Å². The molecule has 1 heterocycles. The molecule has 0 aliphatic carbocycles. The molecule has 5 nitrogen and oxygen atoms in total. The summed E-state index contributed by atoms with van der Waals surface area (Å²) in [5.41, 5.74) is 3.77. The molecule has 150 valence electrons. The summed E-state index contributed by atoms with van der Waals surface area (Å²) >= 11 is 0. The van der Waals surface area contributed by atoms with Gasteiger partial charge in [0.05, 0.1) is 0 Å². The third-order valence-corrected chi connectivity index (χ3v) is 4.01. The van der Waals surface area contributed by atoms with Crippen molar-refractivity contribution in [2.24, 2.45) is 7.05 Å². The lowest BCUT2D eigenvalue weighted by Gasteiger charge is -2.16. The molecule has 0 spiro atoms. The number of aliphatic hydroxyl groups excluding tert-OH is 2. The van der Waals surface area contributed by atoms with Crippen molar-refractivity contribution >= 4 is 17.1 Å². The fourth-order valence-corrected chi connectivity index (χ4v) is 2.92. The molecule has 3 aromatic rings. The van der Waals surface area contributed by atoms with E-state index in [1.807, 2.05) is 55.5 Å². The van der Waals surface area contributed by atoms with Gasteiger partial charge in [-0.3, -0.25) is 4.79 Å². The summed E-state index contributed by atoms with van der Waals surface area (Å²) < 4.78 is 1.59. The quantitative estimate of drug-likeness (QED) is 0.681. The van der Waals surface area contributed by atoms with Crippen LogP contribution in [-0.2, 0) is 18.3 Å². The number of pyridine rings is 1. The molecule has 0 amide bonds. The minimum Gasteiger partial charge on any atom is -0.400 e. The van der Waals surface area contributed by atoms with Crippen molar-refractivity contribution in [2.45, 2.75) is 33.3 Å². The summed E-state index contributed by atoms with van der Waals surface area (Å²) in [5.74, 6) is 0. The summed E-state index contributed by atoms with van der Waals surface area (Å²) in [6.07, 6.45) is 0.905. The Balaban J connectivity index is 0.000000583. The average molecular weight is 383 g/mol. The number of fused-ring (bicyclic) bond motifs is 1. The first-order chi connectivity index (χ1) is 13.4. The number of aliphatic hydroxyl groups is 2. The van der Waals surface area contributed by atoms with Gasteiger partial charge in [0, 0.05) is 43.3 Å². The van der Waals surface area contributed by atoms with E-state index in [9.17, 15) is 9.59 Å². The first kappa shape index (κ1) is 23.3. The molecule has 0 saturated carbocycles. The maximum absolute atomic E-state index is 12.6. The van der Waals surface area contributed by atoms with E-state index in [-0.39, 0.29) is 18.1 Å². The molecule has 0 aliphatic heterocycles. The lowest BCUT2D eigenvalue weighted by molar-refractivity contribution is -0.107. The Bertz CT molecular complexity index is 957. The van der Waals surface area contributed by atoms with E-state index in [2.05, 4.69) is 0 Å². The number of aldehydes is 1. The van der Waals surface area contributed by atoms with E-state index in [0.717, 1.165) is 41.2 Å². The van der Waals surface area contributed by atoms with Gasteiger partial charge in [0.1, 0.15) is 6.29 Å². The minimum atomic E-state index is -0.167. The molecule has 2 aromatic carbocycles. The highest BCUT2D eigenvalue weighted by Crippen LogP contribution is 2.31. The van der Waals surface area contributed by atoms with Crippen LogP contribution in [0.2, 0.25) is 0 Å². The first-order valence-electron chi connectivity index (χ1n) is 9.10. The molecule has 0 radical (unpaired) electrons. The SMILES string of the molecule is CC(C)O.CO.Cc1ccc2c(=O)n(C)c(CC=O)c(-c3ccccc3)c2c1. The highest BCUT2D eigenvalue weighted by molar-refractivity contribution is 5.98. The summed E-state index contributed by atoms with van der Waals surface area (Å²) in [5, 5.41) is 16.6. The molecule has 0 saturated heterocycles. The number of carbonyl (C=O) groups is 1. The maximum Gasteiger partial charge on any atom is 0.258 e. The Labute approximate surface area is 165 Å². The van der Waals surface area contributed by atoms with Crippen LogP contribution in [0.4, 0.5) is 0 Å². The van der Waals surface area contributed by atoms with Crippen molar-refractivity contribution in [3.05, 3.63) is 70.1 Å². The van der Waals surface area contributed by atoms with Crippen LogP contribution in [0.25, 0.3) is 21.9 Å². The van der Waals surface area contributed by atoms with Gasteiger partial charge >= 0.3 is 0 Å². The van der Waals surface area contributed by atoms with Gasteiger partial charge in [0.15, 0.2) is 0 Å². The van der Waals surface area contributed by atoms with Gasteiger partial charge in [-0.05, 0) is 37.8 Å². The number of benzene rings is 2. The largest absolute Gasteiger partial charge is 0.400 e. The fraction of sp³-hybridized carbons (Fsp3) is 0.304. The van der Waals surface area contributed by atoms with E-state index in [4.69, 9.17) is 10.2 Å². The summed E-state index contributed by atoms with van der Waals surface area (Å²) in [7, 11) is 2.73. The van der Waals surface area contributed by atoms with Crippen LogP contribution < -0.4 is 5.56 Å². The zero-order valence-corrected chi connectivity index (χ0v) is 17.1. The van der Waals surface area contributed by atoms with Crippen molar-refractivity contribution in [1.82, 2.24) is 4.57 Å². The van der Waals surface area contributed by atoms with Crippen molar-refractivity contribution in [2.75, 3.05) is 7.11 Å². The molecule has 28 heavy (non-hydrogen) atoms. The van der Waals surface area contributed by atoms with E-state index in [1.54, 1.807) is 25.5 Å². The molecule has 0 atom stereocenters. The lowest BCUT2D eigenvalue weighted by Crippen LogP contribution is -2.22. The normalized spacial score (nSPS) is 10.0. The zero-order valence-electron chi connectivity index (χ0n) is 17.1. The topological polar surface area (TPSA) is 79.5 Å². The van der Waals surface area contributed by atoms with Crippen molar-refractivity contribution < 1.29 is 15.0 Å². The van der Waals surface area contributed by atoms with Gasteiger partial charge in [-0.2, -0.15) is 0 Å². The summed E-state index contributed by atoms with van der Waals surface area (Å²) in [6.45, 7) is 5.45. The Kier molecular flexibility index (Phi) is 9.28. The van der Waals surface area contributed by atoms with Crippen LogP contribution in [-0.4, -0.2) is 34.3 Å². The van der Waals surface area contributed by atoms with Crippen LogP contribution >= 0.6 is 0 Å². The Morgan fingerprint density at radius 1 is 1.04 bits per heavy atom. The molecule has 3 rings (SSSR count). The molecule has 0 bridgehead atoms. The number of nitrogens with zero attached hydrogens (tertiary/aromatic N) is 1. The number of aromatic nitrogens is 1. The van der Waals surface area contributed by atoms with Gasteiger partial charge in [0.2, 0.25) is 0 Å². The molecule has 1 aromatic heterocycles. The second-order valence-corrected chi connectivity index (χ2v) is 6.57. The maximum atomic E-state index is 12.6. The number of hydrogen-bond acceptors (Lipinski definition) is 4. The van der Waals surface area contributed by atoms with E-state index in [0.29, 0.717) is 5.39 Å². The molecule has 0 unspecified atom stereocenters. The van der Waals surface area contributed by atoms with Crippen LogP contribution in [0.5, 0.6) is 0 Å². The number of hydrogen-bond donors (Lipinski definition) is 2. The fourth-order valence-electron chi connectivity index (χ4n) is 2.92. The van der Waals surface area contributed by atoms with Gasteiger partial charge < -0.3 is 19.6 Å². The third-order valence-electron chi connectivity index (χ3n) is 4.01. The number of carbonyl (C=O) groups excluding carboxylic acids is 1. The standard InChI is InChI=1S/C19H17NO2.C3H8O.CH4O/c1-13-8-9-15-16(12-13)18(14-6-4-3-5-7-14)17(10-11-21)20(2)19(15)22;1-3(2)4;1-2/h3-9,11-12H,10H2,1-2H3;3-4H,1-2H3;2H,1H3. The molecular formula is C23H29NO4. The van der Waals surface area contributed by atoms with Crippen molar-refractivity contribution in [1.29, 1.82) is 0 Å². The molecule has 5 heteroatoms. The highest BCUT2D eigenvalue weighted by atomic mass is 16.3. The van der Waals surface area contributed by atoms with Crippen LogP contribution in [0.3, 0.4) is 0 Å². The Morgan fingerprint density at radius 2 is 1.61 bits per heavy atom. The molecular weight excluding hydrogens is 354 g/mol. The number of aryl methyl sites for hydroxylation is 1. The molecule has 0 fully saturated rings. The zero-order chi connectivity index (χ0) is 21.3. The van der Waals surface area contributed by atoms with Crippen LogP contribution in [0.15, 0.2) is 53.3 Å². The minimum absolute atomic E-state index is 0.0634. The lowest BCUT2D eigenvalue weighted by atomic mass is 9.95. The number of rotatable bonds is 3. The van der Waals surface area contributed by atoms with Gasteiger partial charge in [-0.1, -0.05) is 48.0 Å².